The van der Waals surface area contributed by atoms with Gasteiger partial charge >= 0.3 is 0 Å². The Balaban J connectivity index is 1.72. The molecule has 0 spiro atoms. The second-order valence-electron chi connectivity index (χ2n) is 6.62. The number of hydrogen-bond acceptors (Lipinski definition) is 3. The summed E-state index contributed by atoms with van der Waals surface area (Å²) < 4.78 is 1.67. The summed E-state index contributed by atoms with van der Waals surface area (Å²) in [7, 11) is 0. The van der Waals surface area contributed by atoms with Crippen LogP contribution in [0.2, 0.25) is 0 Å². The first-order chi connectivity index (χ1) is 11.2. The van der Waals surface area contributed by atoms with Crippen molar-refractivity contribution in [1.82, 2.24) is 4.57 Å². The zero-order valence-electron chi connectivity index (χ0n) is 14.1. The fourth-order valence-corrected chi connectivity index (χ4v) is 3.63. The quantitative estimate of drug-likeness (QED) is 0.422. The Hall–Kier alpha value is -1.42. The first kappa shape index (κ1) is 17.9. The van der Waals surface area contributed by atoms with Crippen LogP contribution in [0.15, 0.2) is 12.7 Å². The van der Waals surface area contributed by atoms with Crippen LogP contribution in [0.1, 0.15) is 74.8 Å². The molecule has 130 valence electrons. The molecule has 1 aromatic rings. The van der Waals surface area contributed by atoms with Crippen LogP contribution in [0.3, 0.4) is 0 Å². The molecule has 23 heavy (non-hydrogen) atoms. The number of aromatic hydroxyl groups is 2. The normalized spacial score (nSPS) is 16.7. The summed E-state index contributed by atoms with van der Waals surface area (Å²) in [6.45, 7) is 4.81. The standard InChI is InChI=1S/C19H31NO3/c1-2-15-11-12-16-17(15)19(23)20(18(16)22)13-9-7-5-3-4-6-8-10-14-21/h2,15,21-23H,1,3-14H2. The Bertz CT molecular complexity index is 507. The number of rotatable bonds is 11. The van der Waals surface area contributed by atoms with E-state index >= 15 is 0 Å². The van der Waals surface area contributed by atoms with Crippen molar-refractivity contribution < 1.29 is 15.3 Å². The van der Waals surface area contributed by atoms with E-state index in [-0.39, 0.29) is 17.7 Å². The molecule has 1 unspecified atom stereocenters. The molecule has 1 aliphatic rings. The van der Waals surface area contributed by atoms with E-state index in [0.717, 1.165) is 49.7 Å². The summed E-state index contributed by atoms with van der Waals surface area (Å²) >= 11 is 0. The first-order valence-corrected chi connectivity index (χ1v) is 9.07. The molecule has 4 heteroatoms. The Morgan fingerprint density at radius 2 is 1.57 bits per heavy atom. The van der Waals surface area contributed by atoms with Crippen molar-refractivity contribution >= 4 is 0 Å². The fourth-order valence-electron chi connectivity index (χ4n) is 3.63. The van der Waals surface area contributed by atoms with E-state index in [0.29, 0.717) is 13.2 Å². The largest absolute Gasteiger partial charge is 0.494 e. The average Bonchev–Trinajstić information content (AvgIpc) is 3.08. The molecule has 0 aromatic carbocycles. The van der Waals surface area contributed by atoms with Gasteiger partial charge in [0.15, 0.2) is 11.8 Å². The molecular weight excluding hydrogens is 290 g/mol. The predicted octanol–water partition coefficient (Wildman–Crippen LogP) is 4.23. The van der Waals surface area contributed by atoms with Crippen LogP contribution in [-0.2, 0) is 13.0 Å². The summed E-state index contributed by atoms with van der Waals surface area (Å²) in [5.74, 6) is 0.672. The van der Waals surface area contributed by atoms with E-state index in [2.05, 4.69) is 6.58 Å². The Labute approximate surface area is 139 Å². The molecule has 0 bridgehead atoms. The lowest BCUT2D eigenvalue weighted by molar-refractivity contribution is 0.282. The number of aromatic nitrogens is 1. The van der Waals surface area contributed by atoms with Crippen LogP contribution >= 0.6 is 0 Å². The fraction of sp³-hybridized carbons (Fsp3) is 0.684. The topological polar surface area (TPSA) is 65.6 Å². The van der Waals surface area contributed by atoms with Crippen molar-refractivity contribution in [3.05, 3.63) is 23.8 Å². The third-order valence-corrected chi connectivity index (χ3v) is 5.00. The second-order valence-corrected chi connectivity index (χ2v) is 6.62. The van der Waals surface area contributed by atoms with Gasteiger partial charge in [-0.25, -0.2) is 0 Å². The lowest BCUT2D eigenvalue weighted by atomic mass is 10.0. The third kappa shape index (κ3) is 4.31. The van der Waals surface area contributed by atoms with Gasteiger partial charge in [-0.05, 0) is 25.7 Å². The van der Waals surface area contributed by atoms with Gasteiger partial charge in [-0.3, -0.25) is 4.57 Å². The molecule has 0 saturated heterocycles. The highest BCUT2D eigenvalue weighted by atomic mass is 16.3. The van der Waals surface area contributed by atoms with Crippen LogP contribution in [0, 0.1) is 0 Å². The number of allylic oxidation sites excluding steroid dienone is 1. The van der Waals surface area contributed by atoms with Gasteiger partial charge in [0.05, 0.1) is 0 Å². The van der Waals surface area contributed by atoms with Crippen molar-refractivity contribution in [2.75, 3.05) is 6.61 Å². The van der Waals surface area contributed by atoms with Crippen LogP contribution < -0.4 is 0 Å². The predicted molar refractivity (Wildman–Crippen MR) is 93.0 cm³/mol. The summed E-state index contributed by atoms with van der Waals surface area (Å²) in [5, 5.41) is 29.4. The van der Waals surface area contributed by atoms with Crippen molar-refractivity contribution in [2.24, 2.45) is 0 Å². The average molecular weight is 321 g/mol. The molecule has 1 aliphatic carbocycles. The monoisotopic (exact) mass is 321 g/mol. The SMILES string of the molecule is C=CC1CCc2c1c(O)n(CCCCCCCCCCO)c2O. The van der Waals surface area contributed by atoms with Crippen LogP contribution in [0.25, 0.3) is 0 Å². The molecule has 0 amide bonds. The minimum absolute atomic E-state index is 0.177. The number of aliphatic hydroxyl groups is 1. The van der Waals surface area contributed by atoms with Gasteiger partial charge in [-0.1, -0.05) is 44.6 Å². The molecule has 1 heterocycles. The molecule has 0 aliphatic heterocycles. The van der Waals surface area contributed by atoms with E-state index in [9.17, 15) is 10.2 Å². The van der Waals surface area contributed by atoms with Gasteiger partial charge in [-0.15, -0.1) is 6.58 Å². The summed E-state index contributed by atoms with van der Waals surface area (Å²) in [6.07, 6.45) is 12.6. The maximum Gasteiger partial charge on any atom is 0.198 e. The summed E-state index contributed by atoms with van der Waals surface area (Å²) in [5.41, 5.74) is 1.80. The zero-order valence-corrected chi connectivity index (χ0v) is 14.1. The Morgan fingerprint density at radius 1 is 0.957 bits per heavy atom. The van der Waals surface area contributed by atoms with Crippen LogP contribution in [0.5, 0.6) is 11.8 Å². The van der Waals surface area contributed by atoms with E-state index in [1.165, 1.54) is 25.7 Å². The molecule has 2 rings (SSSR count). The lowest BCUT2D eigenvalue weighted by Crippen LogP contribution is -1.99. The maximum absolute atomic E-state index is 10.4. The zero-order chi connectivity index (χ0) is 16.7. The van der Waals surface area contributed by atoms with E-state index in [1.54, 1.807) is 4.57 Å². The molecule has 4 nitrogen and oxygen atoms in total. The molecule has 0 radical (unpaired) electrons. The molecule has 1 atom stereocenters. The number of hydrogen-bond donors (Lipinski definition) is 3. The number of fused-ring (bicyclic) bond motifs is 1. The highest BCUT2D eigenvalue weighted by molar-refractivity contribution is 5.51. The van der Waals surface area contributed by atoms with Gasteiger partial charge in [0, 0.05) is 30.2 Å². The highest BCUT2D eigenvalue weighted by Crippen LogP contribution is 2.46. The number of aliphatic hydroxyl groups excluding tert-OH is 1. The molecule has 3 N–H and O–H groups in total. The van der Waals surface area contributed by atoms with Crippen molar-refractivity contribution in [3.8, 4) is 11.8 Å². The highest BCUT2D eigenvalue weighted by Gasteiger charge is 2.31. The van der Waals surface area contributed by atoms with E-state index in [1.807, 2.05) is 6.08 Å². The molecule has 0 fully saturated rings. The second kappa shape index (κ2) is 9.02. The van der Waals surface area contributed by atoms with Gasteiger partial charge in [0.2, 0.25) is 0 Å². The molecule has 1 aromatic heterocycles. The van der Waals surface area contributed by atoms with Gasteiger partial charge in [-0.2, -0.15) is 0 Å². The smallest absolute Gasteiger partial charge is 0.198 e. The lowest BCUT2D eigenvalue weighted by Gasteiger charge is -2.10. The van der Waals surface area contributed by atoms with Gasteiger partial charge < -0.3 is 15.3 Å². The first-order valence-electron chi connectivity index (χ1n) is 9.07. The van der Waals surface area contributed by atoms with Crippen LogP contribution in [0.4, 0.5) is 0 Å². The minimum Gasteiger partial charge on any atom is -0.494 e. The van der Waals surface area contributed by atoms with E-state index in [4.69, 9.17) is 5.11 Å². The van der Waals surface area contributed by atoms with Crippen LogP contribution in [-0.4, -0.2) is 26.5 Å². The minimum atomic E-state index is 0.177. The van der Waals surface area contributed by atoms with E-state index < -0.39 is 0 Å². The van der Waals surface area contributed by atoms with Crippen molar-refractivity contribution in [1.29, 1.82) is 0 Å². The third-order valence-electron chi connectivity index (χ3n) is 5.00. The Kier molecular flexibility index (Phi) is 7.03. The number of unbranched alkanes of at least 4 members (excludes halogenated alkanes) is 7. The van der Waals surface area contributed by atoms with Gasteiger partial charge in [0.25, 0.3) is 0 Å². The maximum atomic E-state index is 10.4. The Morgan fingerprint density at radius 3 is 2.17 bits per heavy atom. The molecule has 0 saturated carbocycles. The molecular formula is C19H31NO3. The summed E-state index contributed by atoms with van der Waals surface area (Å²) in [4.78, 5) is 0. The van der Waals surface area contributed by atoms with Gasteiger partial charge in [0.1, 0.15) is 0 Å². The summed E-state index contributed by atoms with van der Waals surface area (Å²) in [6, 6.07) is 0. The number of nitrogens with zero attached hydrogens (tertiary/aromatic N) is 1. The van der Waals surface area contributed by atoms with Crippen molar-refractivity contribution in [2.45, 2.75) is 76.7 Å². The van der Waals surface area contributed by atoms with Crippen molar-refractivity contribution in [3.63, 3.8) is 0 Å².